The number of para-hydroxylation sites is 1. The number of ketones is 1. The summed E-state index contributed by atoms with van der Waals surface area (Å²) in [4.78, 5) is 25.8. The van der Waals surface area contributed by atoms with Gasteiger partial charge in [-0.05, 0) is 57.0 Å². The highest BCUT2D eigenvalue weighted by Crippen LogP contribution is 2.41. The highest BCUT2D eigenvalue weighted by molar-refractivity contribution is 7.99. The second kappa shape index (κ2) is 9.30. The molecule has 4 aromatic rings. The molecule has 1 amide bonds. The maximum atomic E-state index is 13.2. The van der Waals surface area contributed by atoms with Gasteiger partial charge in [-0.25, -0.2) is 0 Å². The van der Waals surface area contributed by atoms with Gasteiger partial charge >= 0.3 is 0 Å². The first kappa shape index (κ1) is 22.2. The van der Waals surface area contributed by atoms with E-state index in [1.165, 1.54) is 11.8 Å². The van der Waals surface area contributed by atoms with Gasteiger partial charge < -0.3 is 0 Å². The van der Waals surface area contributed by atoms with Gasteiger partial charge in [0, 0.05) is 34.1 Å². The summed E-state index contributed by atoms with van der Waals surface area (Å²) >= 11 is 1.39. The number of hydrogen-bond acceptors (Lipinski definition) is 5. The number of amides is 1. The van der Waals surface area contributed by atoms with Crippen LogP contribution in [-0.2, 0) is 0 Å². The van der Waals surface area contributed by atoms with E-state index in [1.54, 1.807) is 16.8 Å². The Morgan fingerprint density at radius 1 is 1.00 bits per heavy atom. The molecule has 7 nitrogen and oxygen atoms in total. The third-order valence-corrected chi connectivity index (χ3v) is 6.86. The number of rotatable bonds is 8. The van der Waals surface area contributed by atoms with Crippen molar-refractivity contribution in [2.45, 2.75) is 37.8 Å². The third kappa shape index (κ3) is 4.41. The average molecular weight is 472 g/mol. The lowest BCUT2D eigenvalue weighted by molar-refractivity contribution is 0.0999. The zero-order chi connectivity index (χ0) is 23.7. The van der Waals surface area contributed by atoms with E-state index >= 15 is 0 Å². The molecule has 0 unspecified atom stereocenters. The molecule has 0 bridgehead atoms. The molecule has 172 valence electrons. The first-order valence-corrected chi connectivity index (χ1v) is 12.2. The molecule has 2 heterocycles. The Hall–Kier alpha value is -3.65. The van der Waals surface area contributed by atoms with E-state index in [4.69, 9.17) is 0 Å². The summed E-state index contributed by atoms with van der Waals surface area (Å²) < 4.78 is 3.74. The van der Waals surface area contributed by atoms with Gasteiger partial charge in [0.25, 0.3) is 5.91 Å². The van der Waals surface area contributed by atoms with E-state index in [0.717, 1.165) is 30.0 Å². The molecule has 34 heavy (non-hydrogen) atoms. The molecular weight excluding hydrogens is 446 g/mol. The minimum absolute atomic E-state index is 0.0195. The number of Topliss-reactive ketones (excluding diaryl/α,β-unsaturated/α-hetero) is 1. The number of hydrogen-bond donors (Lipinski definition) is 1. The van der Waals surface area contributed by atoms with Crippen molar-refractivity contribution >= 4 is 23.5 Å². The van der Waals surface area contributed by atoms with Crippen molar-refractivity contribution in [2.75, 3.05) is 11.2 Å². The van der Waals surface area contributed by atoms with Crippen LogP contribution in [-0.4, -0.2) is 36.9 Å². The second-order valence-electron chi connectivity index (χ2n) is 8.43. The Bertz CT molecular complexity index is 1340. The number of thioether (sulfide) groups is 1. The minimum Gasteiger partial charge on any atom is -0.293 e. The van der Waals surface area contributed by atoms with Crippen LogP contribution < -0.4 is 5.43 Å². The van der Waals surface area contributed by atoms with Crippen LogP contribution in [0.4, 0.5) is 0 Å². The monoisotopic (exact) mass is 471 g/mol. The average Bonchev–Trinajstić information content (AvgIpc) is 3.57. The van der Waals surface area contributed by atoms with E-state index in [0.29, 0.717) is 27.9 Å². The Kier molecular flexibility index (Phi) is 6.06. The fourth-order valence-electron chi connectivity index (χ4n) is 3.98. The van der Waals surface area contributed by atoms with Crippen molar-refractivity contribution in [3.05, 3.63) is 95.1 Å². The van der Waals surface area contributed by atoms with Crippen LogP contribution in [0, 0.1) is 13.8 Å². The van der Waals surface area contributed by atoms with Gasteiger partial charge in [0.2, 0.25) is 0 Å². The molecule has 0 saturated heterocycles. The summed E-state index contributed by atoms with van der Waals surface area (Å²) in [7, 11) is 0. The Morgan fingerprint density at radius 2 is 1.68 bits per heavy atom. The van der Waals surface area contributed by atoms with Crippen molar-refractivity contribution in [1.29, 1.82) is 0 Å². The van der Waals surface area contributed by atoms with Crippen LogP contribution in [0.15, 0.2) is 71.9 Å². The van der Waals surface area contributed by atoms with E-state index in [1.807, 2.05) is 68.4 Å². The van der Waals surface area contributed by atoms with Crippen molar-refractivity contribution in [2.24, 2.45) is 0 Å². The molecule has 0 radical (unpaired) electrons. The lowest BCUT2D eigenvalue weighted by atomic mass is 10.2. The maximum Gasteiger partial charge on any atom is 0.270 e. The van der Waals surface area contributed by atoms with E-state index in [9.17, 15) is 9.59 Å². The maximum absolute atomic E-state index is 13.2. The van der Waals surface area contributed by atoms with E-state index in [-0.39, 0.29) is 17.4 Å². The molecule has 2 aromatic carbocycles. The van der Waals surface area contributed by atoms with Crippen molar-refractivity contribution in [3.8, 4) is 5.69 Å². The van der Waals surface area contributed by atoms with Crippen molar-refractivity contribution < 1.29 is 9.59 Å². The largest absolute Gasteiger partial charge is 0.293 e. The number of aryl methyl sites for hydroxylation is 1. The van der Waals surface area contributed by atoms with Gasteiger partial charge in [0.05, 0.1) is 5.75 Å². The first-order valence-electron chi connectivity index (χ1n) is 11.2. The number of nitrogens with one attached hydrogen (secondary N) is 1. The van der Waals surface area contributed by atoms with Crippen LogP contribution >= 0.6 is 11.8 Å². The lowest BCUT2D eigenvalue weighted by Crippen LogP contribution is -2.25. The molecule has 0 spiro atoms. The predicted molar refractivity (Wildman–Crippen MR) is 132 cm³/mol. The van der Waals surface area contributed by atoms with Crippen LogP contribution in [0.1, 0.15) is 56.7 Å². The summed E-state index contributed by atoms with van der Waals surface area (Å²) in [6.45, 7) is 3.71. The van der Waals surface area contributed by atoms with Gasteiger partial charge in [-0.15, -0.1) is 10.2 Å². The second-order valence-corrected chi connectivity index (χ2v) is 9.37. The first-order chi connectivity index (χ1) is 16.5. The third-order valence-electron chi connectivity index (χ3n) is 5.93. The summed E-state index contributed by atoms with van der Waals surface area (Å²) in [6.07, 6.45) is 2.24. The fourth-order valence-corrected chi connectivity index (χ4v) is 4.82. The molecule has 0 aliphatic heterocycles. The van der Waals surface area contributed by atoms with Gasteiger partial charge in [-0.3, -0.25) is 24.3 Å². The van der Waals surface area contributed by atoms with Crippen LogP contribution in [0.5, 0.6) is 0 Å². The molecule has 8 heteroatoms. The molecule has 1 N–H and O–H groups in total. The Balaban J connectivity index is 1.33. The van der Waals surface area contributed by atoms with E-state index in [2.05, 4.69) is 20.2 Å². The summed E-state index contributed by atoms with van der Waals surface area (Å²) in [6, 6.07) is 20.9. The van der Waals surface area contributed by atoms with Gasteiger partial charge in [0.1, 0.15) is 5.82 Å². The number of carbonyl (C=O) groups is 2. The van der Waals surface area contributed by atoms with Crippen molar-refractivity contribution in [1.82, 2.24) is 19.4 Å². The summed E-state index contributed by atoms with van der Waals surface area (Å²) in [5.74, 6) is 1.38. The lowest BCUT2D eigenvalue weighted by Gasteiger charge is -2.12. The molecule has 5 rings (SSSR count). The van der Waals surface area contributed by atoms with Gasteiger partial charge in [-0.1, -0.05) is 48.2 Å². The van der Waals surface area contributed by atoms with Gasteiger partial charge in [-0.2, -0.15) is 0 Å². The topological polar surface area (TPSA) is 81.8 Å². The molecule has 0 atom stereocenters. The minimum atomic E-state index is -0.223. The Morgan fingerprint density at radius 3 is 2.35 bits per heavy atom. The molecule has 1 saturated carbocycles. The number of benzene rings is 2. The predicted octanol–water partition coefficient (Wildman–Crippen LogP) is 4.92. The SMILES string of the molecule is Cc1cc(C(=O)CSc2nnc(C3CC3)n2-c2ccccc2)c(C)n1NC(=O)c1ccccc1. The van der Waals surface area contributed by atoms with Crippen molar-refractivity contribution in [3.63, 3.8) is 0 Å². The molecule has 1 fully saturated rings. The van der Waals surface area contributed by atoms with Gasteiger partial charge in [0.15, 0.2) is 10.9 Å². The molecule has 1 aliphatic rings. The smallest absolute Gasteiger partial charge is 0.270 e. The van der Waals surface area contributed by atoms with Crippen LogP contribution in [0.25, 0.3) is 5.69 Å². The van der Waals surface area contributed by atoms with Crippen LogP contribution in [0.2, 0.25) is 0 Å². The molecular formula is C26H25N5O2S. The number of nitrogens with zero attached hydrogens (tertiary/aromatic N) is 4. The molecule has 2 aromatic heterocycles. The Labute approximate surface area is 202 Å². The summed E-state index contributed by atoms with van der Waals surface area (Å²) in [5.41, 5.74) is 6.54. The zero-order valence-electron chi connectivity index (χ0n) is 19.1. The fraction of sp³-hybridized carbons (Fsp3) is 0.231. The number of aromatic nitrogens is 4. The summed E-state index contributed by atoms with van der Waals surface area (Å²) in [5, 5.41) is 9.55. The zero-order valence-corrected chi connectivity index (χ0v) is 19.9. The normalized spacial score (nSPS) is 13.1. The number of carbonyl (C=O) groups excluding carboxylic acids is 2. The highest BCUT2D eigenvalue weighted by Gasteiger charge is 2.31. The van der Waals surface area contributed by atoms with Crippen LogP contribution in [0.3, 0.4) is 0 Å². The molecule has 1 aliphatic carbocycles. The van der Waals surface area contributed by atoms with E-state index < -0.39 is 0 Å². The quantitative estimate of drug-likeness (QED) is 0.291. The highest BCUT2D eigenvalue weighted by atomic mass is 32.2. The standard InChI is InChI=1S/C26H25N5O2S/c1-17-15-22(18(2)31(17)29-25(33)20-9-5-3-6-10-20)23(32)16-34-26-28-27-24(19-13-14-19)30(26)21-11-7-4-8-12-21/h3-12,15,19H,13-14,16H2,1-2H3,(H,29,33).